The van der Waals surface area contributed by atoms with E-state index < -0.39 is 17.6 Å². The van der Waals surface area contributed by atoms with Gasteiger partial charge >= 0.3 is 11.7 Å². The average molecular weight is 423 g/mol. The molecule has 0 spiro atoms. The Morgan fingerprint density at radius 1 is 1.10 bits per heavy atom. The fraction of sp³-hybridized carbons (Fsp3) is 0.304. The maximum atomic E-state index is 12.5. The minimum atomic E-state index is -0.807. The molecular weight excluding hydrogens is 398 g/mol. The number of rotatable bonds is 9. The Labute approximate surface area is 179 Å². The fourth-order valence-corrected chi connectivity index (χ4v) is 3.33. The molecule has 3 aromatic rings. The summed E-state index contributed by atoms with van der Waals surface area (Å²) in [4.78, 5) is 37.9. The lowest BCUT2D eigenvalue weighted by atomic mass is 9.95. The number of nitrogens with zero attached hydrogens (tertiary/aromatic N) is 1. The van der Waals surface area contributed by atoms with Crippen molar-refractivity contribution in [2.45, 2.75) is 32.7 Å². The first kappa shape index (κ1) is 22.0. The van der Waals surface area contributed by atoms with Crippen LogP contribution in [0.1, 0.15) is 36.5 Å². The zero-order chi connectivity index (χ0) is 22.2. The first-order valence-electron chi connectivity index (χ1n) is 10.1. The zero-order valence-corrected chi connectivity index (χ0v) is 17.5. The summed E-state index contributed by atoms with van der Waals surface area (Å²) >= 11 is 0. The van der Waals surface area contributed by atoms with Gasteiger partial charge in [-0.25, -0.2) is 4.79 Å². The normalized spacial score (nSPS) is 12.7. The Morgan fingerprint density at radius 2 is 1.77 bits per heavy atom. The standard InChI is InChI=1S/C23H25N3O5/c1-3-30-22(28)15(2)13-19(24-21(27)20-25-23(29)31-26-20)14-16-9-11-18(12-10-16)17-7-5-4-6-8-17/h4-12,15,19H,3,13-14H2,1-2H3,(H,24,27)(H,25,26,29)/t15-,19?/m1/s1. The molecule has 0 aliphatic heterocycles. The molecule has 8 heteroatoms. The van der Waals surface area contributed by atoms with E-state index in [-0.39, 0.29) is 17.8 Å². The van der Waals surface area contributed by atoms with Crippen molar-refractivity contribution >= 4 is 11.9 Å². The molecule has 31 heavy (non-hydrogen) atoms. The van der Waals surface area contributed by atoms with Gasteiger partial charge < -0.3 is 10.1 Å². The maximum absolute atomic E-state index is 12.5. The number of H-pyrrole nitrogens is 1. The number of benzene rings is 2. The van der Waals surface area contributed by atoms with E-state index in [1.807, 2.05) is 54.6 Å². The number of ether oxygens (including phenoxy) is 1. The number of carbonyl (C=O) groups is 2. The molecule has 0 fully saturated rings. The van der Waals surface area contributed by atoms with Crippen LogP contribution in [0.25, 0.3) is 11.1 Å². The first-order chi connectivity index (χ1) is 15.0. The maximum Gasteiger partial charge on any atom is 0.439 e. The van der Waals surface area contributed by atoms with Gasteiger partial charge in [0.1, 0.15) is 0 Å². The summed E-state index contributed by atoms with van der Waals surface area (Å²) in [6.45, 7) is 3.80. The van der Waals surface area contributed by atoms with E-state index >= 15 is 0 Å². The van der Waals surface area contributed by atoms with Crippen molar-refractivity contribution < 1.29 is 18.8 Å². The molecule has 0 bridgehead atoms. The van der Waals surface area contributed by atoms with Crippen LogP contribution in [0.2, 0.25) is 0 Å². The van der Waals surface area contributed by atoms with E-state index in [0.29, 0.717) is 19.4 Å². The Bertz CT molecular complexity index is 1060. The van der Waals surface area contributed by atoms with Gasteiger partial charge in [0.15, 0.2) is 0 Å². The molecule has 0 radical (unpaired) electrons. The third-order valence-corrected chi connectivity index (χ3v) is 4.86. The van der Waals surface area contributed by atoms with E-state index in [9.17, 15) is 14.4 Å². The average Bonchev–Trinajstić information content (AvgIpc) is 3.21. The number of amides is 1. The second-order valence-electron chi connectivity index (χ2n) is 7.27. The first-order valence-corrected chi connectivity index (χ1v) is 10.1. The van der Waals surface area contributed by atoms with Crippen molar-refractivity contribution in [3.05, 3.63) is 76.5 Å². The van der Waals surface area contributed by atoms with Crippen LogP contribution in [-0.4, -0.2) is 34.7 Å². The SMILES string of the molecule is CCOC(=O)[C@H](C)CC(Cc1ccc(-c2ccccc2)cc1)NC(=O)c1noc(=O)[nH]1. The molecule has 2 aromatic carbocycles. The van der Waals surface area contributed by atoms with Crippen molar-refractivity contribution in [1.29, 1.82) is 0 Å². The Balaban J connectivity index is 1.74. The molecule has 162 valence electrons. The highest BCUT2D eigenvalue weighted by Crippen LogP contribution is 2.21. The lowest BCUT2D eigenvalue weighted by Gasteiger charge is -2.21. The second-order valence-corrected chi connectivity index (χ2v) is 7.27. The van der Waals surface area contributed by atoms with E-state index in [1.54, 1.807) is 13.8 Å². The molecular formula is C23H25N3O5. The molecule has 0 saturated carbocycles. The van der Waals surface area contributed by atoms with Crippen molar-refractivity contribution in [2.75, 3.05) is 6.61 Å². The molecule has 1 unspecified atom stereocenters. The van der Waals surface area contributed by atoms with Crippen LogP contribution in [0.15, 0.2) is 63.9 Å². The van der Waals surface area contributed by atoms with Crippen LogP contribution >= 0.6 is 0 Å². The molecule has 8 nitrogen and oxygen atoms in total. The number of aromatic nitrogens is 2. The summed E-state index contributed by atoms with van der Waals surface area (Å²) < 4.78 is 9.48. The summed E-state index contributed by atoms with van der Waals surface area (Å²) in [5, 5.41) is 6.25. The van der Waals surface area contributed by atoms with Gasteiger partial charge in [0, 0.05) is 6.04 Å². The number of nitrogens with one attached hydrogen (secondary N) is 2. The van der Waals surface area contributed by atoms with Crippen molar-refractivity contribution in [3.63, 3.8) is 0 Å². The predicted molar refractivity (Wildman–Crippen MR) is 114 cm³/mol. The van der Waals surface area contributed by atoms with Gasteiger partial charge in [-0.05, 0) is 41.6 Å². The van der Waals surface area contributed by atoms with Crippen LogP contribution in [0.4, 0.5) is 0 Å². The smallest absolute Gasteiger partial charge is 0.439 e. The molecule has 0 aliphatic rings. The Morgan fingerprint density at radius 3 is 2.39 bits per heavy atom. The largest absolute Gasteiger partial charge is 0.466 e. The summed E-state index contributed by atoms with van der Waals surface area (Å²) in [6.07, 6.45) is 0.861. The molecule has 3 rings (SSSR count). The van der Waals surface area contributed by atoms with Gasteiger partial charge in [0.25, 0.3) is 5.91 Å². The molecule has 0 aliphatic carbocycles. The predicted octanol–water partition coefficient (Wildman–Crippen LogP) is 2.96. The third-order valence-electron chi connectivity index (χ3n) is 4.86. The fourth-order valence-electron chi connectivity index (χ4n) is 3.33. The summed E-state index contributed by atoms with van der Waals surface area (Å²) in [7, 11) is 0. The quantitative estimate of drug-likeness (QED) is 0.512. The third kappa shape index (κ3) is 6.15. The number of hydrogen-bond donors (Lipinski definition) is 2. The Kier molecular flexibility index (Phi) is 7.37. The van der Waals surface area contributed by atoms with Gasteiger partial charge in [0.2, 0.25) is 5.82 Å². The topological polar surface area (TPSA) is 114 Å². The minimum Gasteiger partial charge on any atom is -0.466 e. The lowest BCUT2D eigenvalue weighted by Crippen LogP contribution is -2.39. The van der Waals surface area contributed by atoms with Gasteiger partial charge in [-0.1, -0.05) is 61.5 Å². The number of carbonyl (C=O) groups excluding carboxylic acids is 2. The van der Waals surface area contributed by atoms with Crippen LogP contribution < -0.4 is 11.1 Å². The summed E-state index contributed by atoms with van der Waals surface area (Å²) in [6, 6.07) is 17.7. The van der Waals surface area contributed by atoms with Gasteiger partial charge in [0.05, 0.1) is 12.5 Å². The second kappa shape index (κ2) is 10.4. The molecule has 1 aromatic heterocycles. The summed E-state index contributed by atoms with van der Waals surface area (Å²) in [5.41, 5.74) is 3.20. The zero-order valence-electron chi connectivity index (χ0n) is 17.5. The van der Waals surface area contributed by atoms with Crippen molar-refractivity contribution in [3.8, 4) is 11.1 Å². The highest BCUT2D eigenvalue weighted by atomic mass is 16.5. The van der Waals surface area contributed by atoms with Gasteiger partial charge in [-0.3, -0.25) is 19.1 Å². The molecule has 0 saturated heterocycles. The molecule has 1 heterocycles. The van der Waals surface area contributed by atoms with Crippen LogP contribution in [0.3, 0.4) is 0 Å². The van der Waals surface area contributed by atoms with Crippen LogP contribution in [0, 0.1) is 5.92 Å². The van der Waals surface area contributed by atoms with Gasteiger partial charge in [-0.2, -0.15) is 0 Å². The number of aromatic amines is 1. The minimum absolute atomic E-state index is 0.210. The number of esters is 1. The summed E-state index contributed by atoms with van der Waals surface area (Å²) in [5.74, 6) is -2.33. The van der Waals surface area contributed by atoms with Crippen LogP contribution in [-0.2, 0) is 16.0 Å². The Hall–Kier alpha value is -3.68. The highest BCUT2D eigenvalue weighted by molar-refractivity contribution is 5.90. The van der Waals surface area contributed by atoms with Crippen LogP contribution in [0.5, 0.6) is 0 Å². The van der Waals surface area contributed by atoms with E-state index in [2.05, 4.69) is 20.0 Å². The van der Waals surface area contributed by atoms with Crippen molar-refractivity contribution in [2.24, 2.45) is 5.92 Å². The molecule has 2 N–H and O–H groups in total. The van der Waals surface area contributed by atoms with Crippen molar-refractivity contribution in [1.82, 2.24) is 15.5 Å². The highest BCUT2D eigenvalue weighted by Gasteiger charge is 2.23. The van der Waals surface area contributed by atoms with E-state index in [1.165, 1.54) is 0 Å². The number of hydrogen-bond acceptors (Lipinski definition) is 6. The molecule has 1 amide bonds. The van der Waals surface area contributed by atoms with Gasteiger partial charge in [-0.15, -0.1) is 0 Å². The molecule has 2 atom stereocenters. The van der Waals surface area contributed by atoms with E-state index in [0.717, 1.165) is 16.7 Å². The monoisotopic (exact) mass is 423 g/mol. The lowest BCUT2D eigenvalue weighted by molar-refractivity contribution is -0.147. The van der Waals surface area contributed by atoms with E-state index in [4.69, 9.17) is 4.74 Å².